The van der Waals surface area contributed by atoms with Crippen molar-refractivity contribution in [1.82, 2.24) is 16.0 Å². The normalized spacial score (nSPS) is 29.9. The van der Waals surface area contributed by atoms with E-state index in [0.717, 1.165) is 19.3 Å². The van der Waals surface area contributed by atoms with E-state index in [2.05, 4.69) is 16.0 Å². The van der Waals surface area contributed by atoms with Gasteiger partial charge in [-0.15, -0.1) is 0 Å². The van der Waals surface area contributed by atoms with Crippen molar-refractivity contribution >= 4 is 23.7 Å². The van der Waals surface area contributed by atoms with Crippen molar-refractivity contribution in [3.8, 4) is 0 Å². The summed E-state index contributed by atoms with van der Waals surface area (Å²) in [6.45, 7) is 5.31. The maximum atomic E-state index is 13.3. The quantitative estimate of drug-likeness (QED) is 0.483. The predicted octanol–water partition coefficient (Wildman–Crippen LogP) is 1.14. The van der Waals surface area contributed by atoms with Crippen LogP contribution in [-0.4, -0.2) is 49.4 Å². The molecule has 4 saturated carbocycles. The number of hydrogen-bond acceptors (Lipinski definition) is 5. The van der Waals surface area contributed by atoms with Crippen LogP contribution >= 0.6 is 0 Å². The summed E-state index contributed by atoms with van der Waals surface area (Å²) in [7, 11) is 0. The van der Waals surface area contributed by atoms with Gasteiger partial charge in [0.2, 0.25) is 11.8 Å². The molecule has 0 radical (unpaired) electrons. The first-order valence-corrected chi connectivity index (χ1v) is 11.2. The van der Waals surface area contributed by atoms with Crippen LogP contribution in [0.3, 0.4) is 0 Å². The van der Waals surface area contributed by atoms with Crippen molar-refractivity contribution in [2.24, 2.45) is 29.1 Å². The van der Waals surface area contributed by atoms with Gasteiger partial charge in [0.05, 0.1) is 6.54 Å². The summed E-state index contributed by atoms with van der Waals surface area (Å²) < 4.78 is 5.14. The lowest BCUT2D eigenvalue weighted by Crippen LogP contribution is -2.57. The molecule has 4 aliphatic rings. The van der Waals surface area contributed by atoms with Crippen molar-refractivity contribution in [1.29, 1.82) is 0 Å². The first kappa shape index (κ1) is 22.6. The molecule has 3 N–H and O–H groups in total. The van der Waals surface area contributed by atoms with Crippen LogP contribution in [0.2, 0.25) is 0 Å². The molecule has 0 spiro atoms. The van der Waals surface area contributed by atoms with Gasteiger partial charge in [-0.05, 0) is 69.1 Å². The zero-order valence-corrected chi connectivity index (χ0v) is 18.3. The third kappa shape index (κ3) is 5.13. The smallest absolute Gasteiger partial charge is 0.329 e. The highest BCUT2D eigenvalue weighted by molar-refractivity contribution is 5.90. The molecule has 0 heterocycles. The minimum atomic E-state index is -0.790. The van der Waals surface area contributed by atoms with Crippen molar-refractivity contribution in [3.63, 3.8) is 0 Å². The fraction of sp³-hybridized carbons (Fsp3) is 0.818. The molecule has 0 aromatic rings. The highest BCUT2D eigenvalue weighted by atomic mass is 16.5. The van der Waals surface area contributed by atoms with Gasteiger partial charge in [-0.25, -0.2) is 4.79 Å². The summed E-state index contributed by atoms with van der Waals surface area (Å²) in [5.41, 5.74) is -0.341. The molecule has 168 valence electrons. The van der Waals surface area contributed by atoms with E-state index in [1.165, 1.54) is 19.3 Å². The van der Waals surface area contributed by atoms with Crippen molar-refractivity contribution in [2.75, 3.05) is 19.7 Å². The van der Waals surface area contributed by atoms with Crippen LogP contribution < -0.4 is 16.0 Å². The van der Waals surface area contributed by atoms with E-state index in [0.29, 0.717) is 24.3 Å². The molecule has 0 aromatic heterocycles. The number of esters is 1. The highest BCUT2D eigenvalue weighted by Gasteiger charge is 2.55. The van der Waals surface area contributed by atoms with Crippen LogP contribution in [-0.2, 0) is 23.9 Å². The highest BCUT2D eigenvalue weighted by Crippen LogP contribution is 2.60. The molecular formula is C22H35N3O5. The zero-order chi connectivity index (χ0) is 21.9. The van der Waals surface area contributed by atoms with Crippen LogP contribution in [0.25, 0.3) is 0 Å². The molecule has 4 fully saturated rings. The molecule has 0 aliphatic heterocycles. The monoisotopic (exact) mass is 421 g/mol. The Hall–Kier alpha value is -2.12. The Labute approximate surface area is 178 Å². The zero-order valence-electron chi connectivity index (χ0n) is 18.3. The maximum absolute atomic E-state index is 13.3. The van der Waals surface area contributed by atoms with Gasteiger partial charge in [0.25, 0.3) is 5.91 Å². The first-order chi connectivity index (χ1) is 14.2. The van der Waals surface area contributed by atoms with E-state index in [1.54, 1.807) is 6.92 Å². The minimum absolute atomic E-state index is 0.0297. The lowest BCUT2D eigenvalue weighted by Gasteiger charge is -2.55. The van der Waals surface area contributed by atoms with Crippen LogP contribution in [0.4, 0.5) is 0 Å². The van der Waals surface area contributed by atoms with Gasteiger partial charge < -0.3 is 20.7 Å². The molecule has 3 amide bonds. The van der Waals surface area contributed by atoms with Gasteiger partial charge in [-0.1, -0.05) is 13.8 Å². The van der Waals surface area contributed by atoms with Crippen molar-refractivity contribution < 1.29 is 23.9 Å². The second kappa shape index (κ2) is 9.35. The van der Waals surface area contributed by atoms with Gasteiger partial charge in [-0.2, -0.15) is 0 Å². The Morgan fingerprint density at radius 2 is 1.50 bits per heavy atom. The minimum Gasteiger partial charge on any atom is -0.454 e. The summed E-state index contributed by atoms with van der Waals surface area (Å²) in [4.78, 5) is 49.1. The molecule has 4 bridgehead atoms. The van der Waals surface area contributed by atoms with E-state index < -0.39 is 24.5 Å². The molecule has 0 unspecified atom stereocenters. The second-order valence-corrected chi connectivity index (χ2v) is 9.73. The van der Waals surface area contributed by atoms with Crippen LogP contribution in [0.5, 0.6) is 0 Å². The topological polar surface area (TPSA) is 114 Å². The lowest BCUT2D eigenvalue weighted by molar-refractivity contribution is -0.157. The number of hydrogen-bond donors (Lipinski definition) is 3. The SMILES string of the molecule is CCNC(=O)CNC(=O)COC(=O)[C@H](NC(=O)C12CC3CC(CC(C3)C1)C2)C(C)C. The van der Waals surface area contributed by atoms with E-state index in [4.69, 9.17) is 4.74 Å². The molecule has 8 nitrogen and oxygen atoms in total. The largest absolute Gasteiger partial charge is 0.454 e. The Balaban J connectivity index is 1.51. The Morgan fingerprint density at radius 1 is 0.933 bits per heavy atom. The summed E-state index contributed by atoms with van der Waals surface area (Å²) in [6.07, 6.45) is 6.50. The van der Waals surface area contributed by atoms with Crippen molar-refractivity contribution in [2.45, 2.75) is 65.3 Å². The van der Waals surface area contributed by atoms with Crippen LogP contribution in [0, 0.1) is 29.1 Å². The van der Waals surface area contributed by atoms with Gasteiger partial charge in [0.1, 0.15) is 6.04 Å². The molecule has 8 heteroatoms. The van der Waals surface area contributed by atoms with Gasteiger partial charge in [-0.3, -0.25) is 14.4 Å². The predicted molar refractivity (Wildman–Crippen MR) is 110 cm³/mol. The molecule has 0 aromatic carbocycles. The molecule has 4 aliphatic carbocycles. The fourth-order valence-electron chi connectivity index (χ4n) is 5.90. The van der Waals surface area contributed by atoms with E-state index in [9.17, 15) is 19.2 Å². The number of carbonyl (C=O) groups is 4. The molecule has 0 saturated heterocycles. The first-order valence-electron chi connectivity index (χ1n) is 11.2. The molecule has 1 atom stereocenters. The Morgan fingerprint density at radius 3 is 2.00 bits per heavy atom. The average Bonchev–Trinajstić information content (AvgIpc) is 2.67. The van der Waals surface area contributed by atoms with Gasteiger partial charge in [0, 0.05) is 12.0 Å². The standard InChI is InChI=1S/C22H35N3O5/c1-4-23-17(26)11-24-18(27)12-30-20(28)19(13(2)3)25-21(29)22-8-14-5-15(9-22)7-16(6-14)10-22/h13-16,19H,4-12H2,1-3H3,(H,23,26)(H,24,27)(H,25,29)/t14?,15?,16?,19-,22?/m1/s1. The van der Waals surface area contributed by atoms with Gasteiger partial charge in [0.15, 0.2) is 6.61 Å². The maximum Gasteiger partial charge on any atom is 0.329 e. The second-order valence-electron chi connectivity index (χ2n) is 9.73. The van der Waals surface area contributed by atoms with Crippen LogP contribution in [0.1, 0.15) is 59.3 Å². The van der Waals surface area contributed by atoms with Crippen LogP contribution in [0.15, 0.2) is 0 Å². The third-order valence-corrected chi connectivity index (χ3v) is 6.89. The van der Waals surface area contributed by atoms with Gasteiger partial charge >= 0.3 is 5.97 Å². The van der Waals surface area contributed by atoms with E-state index in [-0.39, 0.29) is 29.7 Å². The van der Waals surface area contributed by atoms with E-state index >= 15 is 0 Å². The average molecular weight is 422 g/mol. The number of rotatable bonds is 9. The van der Waals surface area contributed by atoms with Crippen molar-refractivity contribution in [3.05, 3.63) is 0 Å². The summed E-state index contributed by atoms with van der Waals surface area (Å²) >= 11 is 0. The number of ether oxygens (including phenoxy) is 1. The summed E-state index contributed by atoms with van der Waals surface area (Å²) in [6, 6.07) is -0.790. The molecular weight excluding hydrogens is 386 g/mol. The Bertz CT molecular complexity index is 655. The third-order valence-electron chi connectivity index (χ3n) is 6.89. The lowest BCUT2D eigenvalue weighted by atomic mass is 9.49. The molecule has 4 rings (SSSR count). The number of carbonyl (C=O) groups excluding carboxylic acids is 4. The Kier molecular flexibility index (Phi) is 7.03. The molecule has 30 heavy (non-hydrogen) atoms. The number of likely N-dealkylation sites (N-methyl/N-ethyl adjacent to an activating group) is 1. The summed E-state index contributed by atoms with van der Waals surface area (Å²) in [5.74, 6) is 0.257. The summed E-state index contributed by atoms with van der Waals surface area (Å²) in [5, 5.41) is 7.93. The number of nitrogens with one attached hydrogen (secondary N) is 3. The van der Waals surface area contributed by atoms with E-state index in [1.807, 2.05) is 13.8 Å². The number of amides is 3. The fourth-order valence-corrected chi connectivity index (χ4v) is 5.90.